The molecule has 0 N–H and O–H groups in total. The first-order chi connectivity index (χ1) is 9.84. The van der Waals surface area contributed by atoms with Crippen molar-refractivity contribution in [2.75, 3.05) is 0 Å². The fourth-order valence-corrected chi connectivity index (χ4v) is 3.12. The summed E-state index contributed by atoms with van der Waals surface area (Å²) in [5.74, 6) is 0. The van der Waals surface area contributed by atoms with E-state index in [2.05, 4.69) is 66.4 Å². The summed E-state index contributed by atoms with van der Waals surface area (Å²) in [4.78, 5) is 0. The number of nitrogens with zero attached hydrogens (tertiary/aromatic N) is 1. The summed E-state index contributed by atoms with van der Waals surface area (Å²) in [6.07, 6.45) is 10.9. The average molecular weight is 391 g/mol. The van der Waals surface area contributed by atoms with Crippen LogP contribution in [0.15, 0.2) is 48.7 Å². The molecular formula is C19H22IN. The third-order valence-electron chi connectivity index (χ3n) is 4.10. The molecule has 0 aliphatic heterocycles. The van der Waals surface area contributed by atoms with Crippen molar-refractivity contribution in [1.29, 1.82) is 0 Å². The normalized spacial score (nSPS) is 16.5. The fraction of sp³-hybridized carbons (Fsp3) is 0.316. The Morgan fingerprint density at radius 2 is 1.67 bits per heavy atom. The van der Waals surface area contributed by atoms with E-state index in [9.17, 15) is 0 Å². The highest BCUT2D eigenvalue weighted by Crippen LogP contribution is 2.28. The quantitative estimate of drug-likeness (QED) is 0.508. The van der Waals surface area contributed by atoms with Gasteiger partial charge in [-0.25, -0.2) is 4.57 Å². The first-order valence-corrected chi connectivity index (χ1v) is 7.58. The van der Waals surface area contributed by atoms with E-state index in [1.165, 1.54) is 54.5 Å². The number of fused-ring (bicyclic) bond motifs is 1. The van der Waals surface area contributed by atoms with Crippen molar-refractivity contribution >= 4 is 11.6 Å². The largest absolute Gasteiger partial charge is 1.00 e. The summed E-state index contributed by atoms with van der Waals surface area (Å²) in [6, 6.07) is 15.1. The van der Waals surface area contributed by atoms with Gasteiger partial charge in [0, 0.05) is 17.2 Å². The van der Waals surface area contributed by atoms with Gasteiger partial charge >= 0.3 is 0 Å². The summed E-state index contributed by atoms with van der Waals surface area (Å²) in [5, 5.41) is 0. The van der Waals surface area contributed by atoms with Gasteiger partial charge in [0.05, 0.1) is 0 Å². The predicted molar refractivity (Wildman–Crippen MR) is 84.1 cm³/mol. The molecule has 1 aromatic heterocycles. The van der Waals surface area contributed by atoms with Gasteiger partial charge in [-0.1, -0.05) is 36.8 Å². The van der Waals surface area contributed by atoms with Crippen LogP contribution in [0.4, 0.5) is 0 Å². The van der Waals surface area contributed by atoms with E-state index in [0.717, 1.165) is 0 Å². The minimum absolute atomic E-state index is 0. The van der Waals surface area contributed by atoms with Gasteiger partial charge in [0.25, 0.3) is 0 Å². The Bertz CT molecular complexity index is 617. The predicted octanol–water partition coefficient (Wildman–Crippen LogP) is 1.17. The van der Waals surface area contributed by atoms with Crippen molar-refractivity contribution in [3.8, 4) is 0 Å². The van der Waals surface area contributed by atoms with Gasteiger partial charge in [-0.2, -0.15) is 0 Å². The lowest BCUT2D eigenvalue weighted by Crippen LogP contribution is -3.00. The van der Waals surface area contributed by atoms with E-state index in [1.54, 1.807) is 0 Å². The van der Waals surface area contributed by atoms with Crippen molar-refractivity contribution in [3.63, 3.8) is 0 Å². The van der Waals surface area contributed by atoms with Crippen molar-refractivity contribution in [3.05, 3.63) is 65.5 Å². The molecule has 0 unspecified atom stereocenters. The standard InChI is InChI=1S/C19H22N.HI/c1-20-14-8-13-17-11-6-3-7-12-18(19(17)20)15-16-9-4-2-5-10-16;/h2,4-5,8-10,13-15H,3,6-7,11-12H2,1H3;1H/q+1;/p-1. The summed E-state index contributed by atoms with van der Waals surface area (Å²) in [6.45, 7) is 0. The van der Waals surface area contributed by atoms with Crippen molar-refractivity contribution in [2.45, 2.75) is 32.1 Å². The minimum Gasteiger partial charge on any atom is -1.00 e. The van der Waals surface area contributed by atoms with Gasteiger partial charge in [0.1, 0.15) is 7.05 Å². The lowest BCUT2D eigenvalue weighted by molar-refractivity contribution is -0.674. The maximum Gasteiger partial charge on any atom is 0.211 e. The number of hydrogen-bond donors (Lipinski definition) is 0. The first kappa shape index (κ1) is 16.2. The molecule has 0 amide bonds. The molecule has 2 heteroatoms. The number of allylic oxidation sites excluding steroid dienone is 1. The van der Waals surface area contributed by atoms with Crippen LogP contribution in [0.1, 0.15) is 42.5 Å². The number of benzene rings is 1. The first-order valence-electron chi connectivity index (χ1n) is 7.58. The molecular weight excluding hydrogens is 369 g/mol. The third kappa shape index (κ3) is 3.94. The SMILES string of the molecule is C[n+]1cccc2c1C(=Cc1ccccc1)CCCCC2.[I-]. The second kappa shape index (κ2) is 7.74. The molecule has 110 valence electrons. The summed E-state index contributed by atoms with van der Waals surface area (Å²) >= 11 is 0. The number of hydrogen-bond acceptors (Lipinski definition) is 0. The molecule has 2 aromatic rings. The van der Waals surface area contributed by atoms with Gasteiger partial charge in [-0.15, -0.1) is 0 Å². The van der Waals surface area contributed by atoms with Crippen molar-refractivity contribution in [2.24, 2.45) is 7.05 Å². The maximum atomic E-state index is 2.37. The highest BCUT2D eigenvalue weighted by Gasteiger charge is 2.19. The molecule has 0 fully saturated rings. The Morgan fingerprint density at radius 3 is 2.48 bits per heavy atom. The van der Waals surface area contributed by atoms with E-state index in [4.69, 9.17) is 0 Å². The minimum atomic E-state index is 0. The molecule has 0 saturated carbocycles. The molecule has 21 heavy (non-hydrogen) atoms. The second-order valence-corrected chi connectivity index (χ2v) is 5.63. The van der Waals surface area contributed by atoms with E-state index in [0.29, 0.717) is 0 Å². The number of rotatable bonds is 1. The smallest absolute Gasteiger partial charge is 0.211 e. The number of aromatic nitrogens is 1. The van der Waals surface area contributed by atoms with E-state index >= 15 is 0 Å². The molecule has 1 aliphatic rings. The van der Waals surface area contributed by atoms with Crippen LogP contribution in [0, 0.1) is 0 Å². The van der Waals surface area contributed by atoms with E-state index < -0.39 is 0 Å². The second-order valence-electron chi connectivity index (χ2n) is 5.63. The maximum absolute atomic E-state index is 2.37. The Balaban J connectivity index is 0.00000161. The van der Waals surface area contributed by atoms with Gasteiger partial charge in [-0.3, -0.25) is 0 Å². The Morgan fingerprint density at radius 1 is 0.905 bits per heavy atom. The molecule has 1 aliphatic carbocycles. The zero-order valence-electron chi connectivity index (χ0n) is 12.6. The van der Waals surface area contributed by atoms with Gasteiger partial charge in [-0.05, 0) is 43.4 Å². The lowest BCUT2D eigenvalue weighted by Gasteiger charge is -2.14. The van der Waals surface area contributed by atoms with Crippen molar-refractivity contribution < 1.29 is 28.5 Å². The van der Waals surface area contributed by atoms with Crippen LogP contribution in [0.2, 0.25) is 0 Å². The topological polar surface area (TPSA) is 3.88 Å². The highest BCUT2D eigenvalue weighted by molar-refractivity contribution is 5.80. The lowest BCUT2D eigenvalue weighted by atomic mass is 9.92. The van der Waals surface area contributed by atoms with Crippen LogP contribution >= 0.6 is 0 Å². The summed E-state index contributed by atoms with van der Waals surface area (Å²) in [5.41, 5.74) is 5.71. The molecule has 0 radical (unpaired) electrons. The molecule has 0 atom stereocenters. The third-order valence-corrected chi connectivity index (χ3v) is 4.10. The zero-order valence-corrected chi connectivity index (χ0v) is 14.7. The molecule has 0 spiro atoms. The summed E-state index contributed by atoms with van der Waals surface area (Å²) < 4.78 is 2.29. The molecule has 0 saturated heterocycles. The van der Waals surface area contributed by atoms with Crippen molar-refractivity contribution in [1.82, 2.24) is 0 Å². The number of halogens is 1. The monoisotopic (exact) mass is 391 g/mol. The zero-order chi connectivity index (χ0) is 13.8. The van der Waals surface area contributed by atoms with Crippen LogP contribution in [0.3, 0.4) is 0 Å². The Labute approximate surface area is 144 Å². The van der Waals surface area contributed by atoms with Crippen LogP contribution in [-0.2, 0) is 13.5 Å². The Kier molecular flexibility index (Phi) is 5.97. The molecule has 1 aromatic carbocycles. The van der Waals surface area contributed by atoms with Crippen LogP contribution in [-0.4, -0.2) is 0 Å². The molecule has 1 heterocycles. The van der Waals surface area contributed by atoms with Crippen LogP contribution < -0.4 is 28.5 Å². The van der Waals surface area contributed by atoms with Crippen LogP contribution in [0.5, 0.6) is 0 Å². The van der Waals surface area contributed by atoms with E-state index in [-0.39, 0.29) is 24.0 Å². The molecule has 3 rings (SSSR count). The number of aryl methyl sites for hydroxylation is 2. The van der Waals surface area contributed by atoms with Gasteiger partial charge in [0.15, 0.2) is 6.20 Å². The molecule has 1 nitrogen and oxygen atoms in total. The highest BCUT2D eigenvalue weighted by atomic mass is 127. The average Bonchev–Trinajstić information content (AvgIpc) is 2.44. The number of pyridine rings is 1. The van der Waals surface area contributed by atoms with E-state index in [1.807, 2.05) is 0 Å². The Hall–Kier alpha value is -1.16. The summed E-state index contributed by atoms with van der Waals surface area (Å²) in [7, 11) is 2.17. The fourth-order valence-electron chi connectivity index (χ4n) is 3.12. The molecule has 0 bridgehead atoms. The van der Waals surface area contributed by atoms with Gasteiger partial charge in [0.2, 0.25) is 5.69 Å². The van der Waals surface area contributed by atoms with Crippen LogP contribution in [0.25, 0.3) is 11.6 Å². The van der Waals surface area contributed by atoms with Gasteiger partial charge < -0.3 is 24.0 Å².